The van der Waals surface area contributed by atoms with Crippen molar-refractivity contribution in [1.82, 2.24) is 9.62 Å². The van der Waals surface area contributed by atoms with Gasteiger partial charge >= 0.3 is 6.09 Å². The number of hydrogen-bond donors (Lipinski definition) is 2. The molecule has 43 heavy (non-hydrogen) atoms. The number of fused-ring (bicyclic) bond motifs is 1. The molecule has 4 rings (SSSR count). The van der Waals surface area contributed by atoms with Crippen molar-refractivity contribution in [3.8, 4) is 11.8 Å². The van der Waals surface area contributed by atoms with E-state index in [-0.39, 0.29) is 49.6 Å². The molecule has 2 saturated heterocycles. The summed E-state index contributed by atoms with van der Waals surface area (Å²) in [6, 6.07) is 16.6. The molecule has 1 amide bonds. The second-order valence-corrected chi connectivity index (χ2v) is 13.7. The van der Waals surface area contributed by atoms with E-state index >= 15 is 0 Å². The number of sulfonamides is 1. The van der Waals surface area contributed by atoms with E-state index in [4.69, 9.17) is 24.2 Å². The van der Waals surface area contributed by atoms with Crippen molar-refractivity contribution < 1.29 is 37.3 Å². The van der Waals surface area contributed by atoms with E-state index < -0.39 is 39.8 Å². The van der Waals surface area contributed by atoms with Crippen molar-refractivity contribution in [3.63, 3.8) is 0 Å². The summed E-state index contributed by atoms with van der Waals surface area (Å²) in [5, 5.41) is 23.5. The van der Waals surface area contributed by atoms with Crippen LogP contribution in [0.1, 0.15) is 38.7 Å². The van der Waals surface area contributed by atoms with Crippen LogP contribution in [0.15, 0.2) is 59.5 Å². The molecular formula is C31H41N3O8S. The van der Waals surface area contributed by atoms with Gasteiger partial charge in [-0.15, -0.1) is 0 Å². The summed E-state index contributed by atoms with van der Waals surface area (Å²) < 4.78 is 51.1. The maximum atomic E-state index is 13.9. The standard InChI is InChI=1S/C31H41N3O8S/c1-31(2,15-7-16-32)21-34(43(37,38)24-12-10-23(39-3)11-13-24)19-27(35)26(18-22-8-5-4-6-9-22)33-30(36)42-28-20-41-29-25(28)14-17-40-29/h4-6,8-13,25-29,35H,7,14-15,17-21H2,1-3H3,(H,33,36)/t25-,26-,27-,28-,29+/m0/s1. The number of benzene rings is 2. The molecule has 2 heterocycles. The summed E-state index contributed by atoms with van der Waals surface area (Å²) in [5.74, 6) is 0.456. The number of carbonyl (C=O) groups is 1. The fourth-order valence-corrected chi connectivity index (χ4v) is 7.10. The number of amides is 1. The fraction of sp³-hybridized carbons (Fsp3) is 0.548. The van der Waals surface area contributed by atoms with E-state index in [0.29, 0.717) is 18.8 Å². The number of alkyl carbamates (subject to hydrolysis) is 1. The number of nitrogens with zero attached hydrogens (tertiary/aromatic N) is 2. The molecular weight excluding hydrogens is 574 g/mol. The zero-order valence-corrected chi connectivity index (χ0v) is 25.7. The Hall–Kier alpha value is -3.21. The minimum atomic E-state index is -4.08. The molecule has 0 aromatic heterocycles. The van der Waals surface area contributed by atoms with Gasteiger partial charge in [0.15, 0.2) is 6.29 Å². The first-order valence-corrected chi connectivity index (χ1v) is 15.9. The van der Waals surface area contributed by atoms with Crippen LogP contribution in [-0.4, -0.2) is 81.9 Å². The largest absolute Gasteiger partial charge is 0.497 e. The van der Waals surface area contributed by atoms with Gasteiger partial charge in [-0.05, 0) is 54.5 Å². The molecule has 5 atom stereocenters. The Morgan fingerprint density at radius 3 is 2.58 bits per heavy atom. The molecule has 2 fully saturated rings. The highest BCUT2D eigenvalue weighted by Crippen LogP contribution is 2.33. The molecule has 0 aliphatic carbocycles. The first kappa shape index (κ1) is 32.7. The lowest BCUT2D eigenvalue weighted by molar-refractivity contribution is -0.0907. The number of methoxy groups -OCH3 is 1. The molecule has 2 aromatic rings. The number of hydrogen-bond acceptors (Lipinski definition) is 9. The van der Waals surface area contributed by atoms with Gasteiger partial charge in [0.05, 0.1) is 49.4 Å². The van der Waals surface area contributed by atoms with Gasteiger partial charge in [0, 0.05) is 19.5 Å². The lowest BCUT2D eigenvalue weighted by Gasteiger charge is -2.35. The quantitative estimate of drug-likeness (QED) is 0.326. The van der Waals surface area contributed by atoms with Crippen molar-refractivity contribution in [2.45, 2.75) is 69.0 Å². The molecule has 2 aromatic carbocycles. The molecule has 0 unspecified atom stereocenters. The molecule has 234 valence electrons. The summed E-state index contributed by atoms with van der Waals surface area (Å²) in [5.41, 5.74) is 0.276. The van der Waals surface area contributed by atoms with Gasteiger partial charge in [0.1, 0.15) is 11.9 Å². The molecule has 0 spiro atoms. The highest BCUT2D eigenvalue weighted by Gasteiger charge is 2.44. The Morgan fingerprint density at radius 2 is 1.91 bits per heavy atom. The average molecular weight is 616 g/mol. The van der Waals surface area contributed by atoms with E-state index in [0.717, 1.165) is 12.0 Å². The fourth-order valence-electron chi connectivity index (χ4n) is 5.45. The zero-order valence-electron chi connectivity index (χ0n) is 24.8. The van der Waals surface area contributed by atoms with Gasteiger partial charge in [-0.2, -0.15) is 9.57 Å². The van der Waals surface area contributed by atoms with E-state index in [9.17, 15) is 18.3 Å². The van der Waals surface area contributed by atoms with E-state index in [1.165, 1.54) is 23.5 Å². The second-order valence-electron chi connectivity index (χ2n) is 11.8. The Bertz CT molecular complexity index is 1350. The maximum Gasteiger partial charge on any atom is 0.407 e. The number of nitrogens with one attached hydrogen (secondary N) is 1. The first-order valence-electron chi connectivity index (χ1n) is 14.5. The van der Waals surface area contributed by atoms with Crippen LogP contribution in [0.25, 0.3) is 0 Å². The van der Waals surface area contributed by atoms with Gasteiger partial charge in [0.2, 0.25) is 10.0 Å². The van der Waals surface area contributed by atoms with Crippen molar-refractivity contribution in [3.05, 3.63) is 60.2 Å². The Balaban J connectivity index is 1.56. The Kier molecular flexibility index (Phi) is 11.0. The number of nitriles is 1. The predicted molar refractivity (Wildman–Crippen MR) is 158 cm³/mol. The molecule has 2 N–H and O–H groups in total. The molecule has 2 aliphatic heterocycles. The Labute approximate surface area is 253 Å². The third-order valence-electron chi connectivity index (χ3n) is 7.92. The van der Waals surface area contributed by atoms with Crippen molar-refractivity contribution in [2.75, 3.05) is 33.4 Å². The zero-order chi connectivity index (χ0) is 31.0. The topological polar surface area (TPSA) is 147 Å². The molecule has 2 aliphatic rings. The van der Waals surface area contributed by atoms with Gasteiger partial charge in [-0.25, -0.2) is 13.2 Å². The van der Waals surface area contributed by atoms with Crippen LogP contribution in [-0.2, 0) is 30.7 Å². The summed E-state index contributed by atoms with van der Waals surface area (Å²) in [6.07, 6.45) is -1.20. The molecule has 0 bridgehead atoms. The monoisotopic (exact) mass is 615 g/mol. The predicted octanol–water partition coefficient (Wildman–Crippen LogP) is 3.48. The normalized spacial score (nSPS) is 21.5. The lowest BCUT2D eigenvalue weighted by Crippen LogP contribution is -2.52. The minimum absolute atomic E-state index is 0.0399. The van der Waals surface area contributed by atoms with Crippen LogP contribution in [0.2, 0.25) is 0 Å². The lowest BCUT2D eigenvalue weighted by atomic mass is 9.88. The molecule has 0 radical (unpaired) electrons. The number of ether oxygens (including phenoxy) is 4. The SMILES string of the molecule is COc1ccc(S(=O)(=O)N(C[C@H](O)[C@H](Cc2ccccc2)NC(=O)O[C@H]2CO[C@H]3OCC[C@H]32)CC(C)(C)CCC#N)cc1. The summed E-state index contributed by atoms with van der Waals surface area (Å²) >= 11 is 0. The highest BCUT2D eigenvalue weighted by molar-refractivity contribution is 7.89. The molecule has 12 heteroatoms. The van der Waals surface area contributed by atoms with Crippen LogP contribution < -0.4 is 10.1 Å². The third-order valence-corrected chi connectivity index (χ3v) is 9.74. The molecule has 0 saturated carbocycles. The second kappa shape index (κ2) is 14.5. The average Bonchev–Trinajstić information content (AvgIpc) is 3.61. The minimum Gasteiger partial charge on any atom is -0.497 e. The van der Waals surface area contributed by atoms with Gasteiger partial charge in [0.25, 0.3) is 0 Å². The smallest absolute Gasteiger partial charge is 0.407 e. The number of rotatable bonds is 14. The van der Waals surface area contributed by atoms with Crippen molar-refractivity contribution >= 4 is 16.1 Å². The number of aliphatic hydroxyl groups is 1. The number of aliphatic hydroxyl groups excluding tert-OH is 1. The maximum absolute atomic E-state index is 13.9. The summed E-state index contributed by atoms with van der Waals surface area (Å²) in [6.45, 7) is 4.27. The van der Waals surface area contributed by atoms with Crippen LogP contribution in [0.4, 0.5) is 4.79 Å². The van der Waals surface area contributed by atoms with Crippen molar-refractivity contribution in [1.29, 1.82) is 5.26 Å². The van der Waals surface area contributed by atoms with Crippen LogP contribution in [0.3, 0.4) is 0 Å². The van der Waals surface area contributed by atoms with Crippen LogP contribution >= 0.6 is 0 Å². The van der Waals surface area contributed by atoms with Crippen LogP contribution in [0, 0.1) is 22.7 Å². The van der Waals surface area contributed by atoms with E-state index in [1.807, 2.05) is 44.2 Å². The first-order chi connectivity index (χ1) is 20.5. The summed E-state index contributed by atoms with van der Waals surface area (Å²) in [4.78, 5) is 13.1. The van der Waals surface area contributed by atoms with Gasteiger partial charge < -0.3 is 29.4 Å². The van der Waals surface area contributed by atoms with Gasteiger partial charge in [-0.3, -0.25) is 0 Å². The third kappa shape index (κ3) is 8.68. The van der Waals surface area contributed by atoms with Gasteiger partial charge in [-0.1, -0.05) is 44.2 Å². The Morgan fingerprint density at radius 1 is 1.19 bits per heavy atom. The van der Waals surface area contributed by atoms with E-state index in [1.54, 1.807) is 12.1 Å². The summed E-state index contributed by atoms with van der Waals surface area (Å²) in [7, 11) is -2.59. The highest BCUT2D eigenvalue weighted by atomic mass is 32.2. The van der Waals surface area contributed by atoms with E-state index in [2.05, 4.69) is 11.4 Å². The van der Waals surface area contributed by atoms with Crippen molar-refractivity contribution in [2.24, 2.45) is 11.3 Å². The number of carbonyl (C=O) groups excluding carboxylic acids is 1. The molecule has 11 nitrogen and oxygen atoms in total. The van der Waals surface area contributed by atoms with Crippen LogP contribution in [0.5, 0.6) is 5.75 Å².